The average molecular weight is 539 g/mol. The fraction of sp³-hybridized carbons (Fsp3) is 0.636. The van der Waals surface area contributed by atoms with Crippen molar-refractivity contribution in [3.8, 4) is 11.1 Å². The van der Waals surface area contributed by atoms with Crippen molar-refractivity contribution in [2.75, 3.05) is 66.0 Å². The van der Waals surface area contributed by atoms with Gasteiger partial charge in [-0.15, -0.1) is 0 Å². The maximum absolute atomic E-state index is 3.66. The second-order valence-electron chi connectivity index (χ2n) is 10.6. The molecule has 0 spiro atoms. The van der Waals surface area contributed by atoms with Gasteiger partial charge >= 0.3 is 0 Å². The summed E-state index contributed by atoms with van der Waals surface area (Å²) in [5.74, 6) is 0. The van der Waals surface area contributed by atoms with Crippen LogP contribution in [-0.4, -0.2) is 66.0 Å². The molecule has 39 heavy (non-hydrogen) atoms. The zero-order chi connectivity index (χ0) is 27.6. The molecular formula is C33H58N6. The quantitative estimate of drug-likeness (QED) is 0.0979. The molecule has 2 aromatic rings. The first kappa shape index (κ1) is 33.4. The largest absolute Gasteiger partial charge is 0.320 e. The Morgan fingerprint density at radius 2 is 0.949 bits per heavy atom. The van der Waals surface area contributed by atoms with Crippen LogP contribution in [-0.2, 0) is 13.1 Å². The minimum Gasteiger partial charge on any atom is -0.320 e. The van der Waals surface area contributed by atoms with Crippen molar-refractivity contribution in [3.05, 3.63) is 59.7 Å². The topological polar surface area (TPSA) is 72.2 Å². The number of hydrogen-bond acceptors (Lipinski definition) is 6. The van der Waals surface area contributed by atoms with Crippen LogP contribution in [0.15, 0.2) is 48.5 Å². The predicted octanol–water partition coefficient (Wildman–Crippen LogP) is 4.66. The Morgan fingerprint density at radius 3 is 1.46 bits per heavy atom. The zero-order valence-corrected chi connectivity index (χ0v) is 25.1. The third-order valence-corrected chi connectivity index (χ3v) is 6.93. The van der Waals surface area contributed by atoms with Gasteiger partial charge in [-0.05, 0) is 132 Å². The highest BCUT2D eigenvalue weighted by atomic mass is 14.9. The molecule has 0 aromatic heterocycles. The van der Waals surface area contributed by atoms with E-state index >= 15 is 0 Å². The summed E-state index contributed by atoms with van der Waals surface area (Å²) in [6.07, 6.45) is 10.0. The Kier molecular flexibility index (Phi) is 20.6. The van der Waals surface area contributed by atoms with Crippen LogP contribution in [0.4, 0.5) is 0 Å². The van der Waals surface area contributed by atoms with Gasteiger partial charge in [0.05, 0.1) is 0 Å². The highest BCUT2D eigenvalue weighted by Crippen LogP contribution is 2.22. The molecule has 0 atom stereocenters. The average Bonchev–Trinajstić information content (AvgIpc) is 2.97. The molecule has 0 aliphatic heterocycles. The minimum absolute atomic E-state index is 0.908. The van der Waals surface area contributed by atoms with E-state index in [-0.39, 0.29) is 0 Å². The van der Waals surface area contributed by atoms with Crippen LogP contribution in [0, 0.1) is 0 Å². The van der Waals surface area contributed by atoms with E-state index in [9.17, 15) is 0 Å². The molecule has 6 nitrogen and oxygen atoms in total. The lowest BCUT2D eigenvalue weighted by molar-refractivity contribution is 0.551. The first-order valence-corrected chi connectivity index (χ1v) is 15.7. The Labute approximate surface area is 239 Å². The van der Waals surface area contributed by atoms with Crippen LogP contribution < -0.4 is 31.9 Å². The smallest absolute Gasteiger partial charge is 0.0205 e. The van der Waals surface area contributed by atoms with E-state index in [1.165, 1.54) is 67.3 Å². The summed E-state index contributed by atoms with van der Waals surface area (Å²) in [7, 11) is 2.01. The van der Waals surface area contributed by atoms with Crippen molar-refractivity contribution in [3.63, 3.8) is 0 Å². The summed E-state index contributed by atoms with van der Waals surface area (Å²) in [4.78, 5) is 0. The number of benzene rings is 2. The number of hydrogen-bond donors (Lipinski definition) is 6. The monoisotopic (exact) mass is 538 g/mol. The second kappa shape index (κ2) is 24.0. The fourth-order valence-electron chi connectivity index (χ4n) is 4.69. The fourth-order valence-corrected chi connectivity index (χ4v) is 4.69. The molecule has 0 saturated carbocycles. The van der Waals surface area contributed by atoms with Crippen LogP contribution in [0.5, 0.6) is 0 Å². The Hall–Kier alpha value is -1.80. The summed E-state index contributed by atoms with van der Waals surface area (Å²) >= 11 is 0. The maximum Gasteiger partial charge on any atom is 0.0205 e. The molecule has 0 bridgehead atoms. The lowest BCUT2D eigenvalue weighted by Crippen LogP contribution is -2.25. The summed E-state index contributed by atoms with van der Waals surface area (Å²) in [6.45, 7) is 13.9. The maximum atomic E-state index is 3.66. The van der Waals surface area contributed by atoms with E-state index in [0.717, 1.165) is 78.3 Å². The minimum atomic E-state index is 0.908. The van der Waals surface area contributed by atoms with E-state index < -0.39 is 0 Å². The number of rotatable bonds is 26. The molecule has 0 unspecified atom stereocenters. The van der Waals surface area contributed by atoms with Gasteiger partial charge in [-0.25, -0.2) is 0 Å². The Balaban J connectivity index is 1.64. The van der Waals surface area contributed by atoms with Gasteiger partial charge in [0, 0.05) is 13.1 Å². The third kappa shape index (κ3) is 17.5. The standard InChI is InChI=1S/C33H58N6/c1-3-4-5-9-17-35-19-11-20-37-22-13-24-39-29-31-25-30(26-33(27-31)32-14-7-6-8-15-32)28-38-23-12-21-36-18-10-16-34-2/h6-8,14-15,25-27,34-39H,3-5,9-13,16-24,28-29H2,1-2H3. The van der Waals surface area contributed by atoms with Crippen LogP contribution in [0.25, 0.3) is 11.1 Å². The molecular weight excluding hydrogens is 480 g/mol. The number of nitrogens with one attached hydrogen (secondary N) is 6. The second-order valence-corrected chi connectivity index (χ2v) is 10.6. The van der Waals surface area contributed by atoms with Gasteiger partial charge in [0.25, 0.3) is 0 Å². The zero-order valence-electron chi connectivity index (χ0n) is 25.1. The molecule has 220 valence electrons. The van der Waals surface area contributed by atoms with E-state index in [4.69, 9.17) is 0 Å². The van der Waals surface area contributed by atoms with Crippen LogP contribution in [0.1, 0.15) is 69.4 Å². The highest BCUT2D eigenvalue weighted by molar-refractivity contribution is 5.65. The first-order valence-electron chi connectivity index (χ1n) is 15.7. The normalized spacial score (nSPS) is 11.3. The summed E-state index contributed by atoms with van der Waals surface area (Å²) in [6, 6.07) is 17.8. The van der Waals surface area contributed by atoms with Crippen molar-refractivity contribution in [1.29, 1.82) is 0 Å². The molecule has 0 amide bonds. The lowest BCUT2D eigenvalue weighted by Gasteiger charge is -2.13. The molecule has 0 aliphatic carbocycles. The molecule has 6 heteroatoms. The Bertz CT molecular complexity index is 813. The molecule has 0 radical (unpaired) electrons. The molecule has 0 heterocycles. The van der Waals surface area contributed by atoms with E-state index in [2.05, 4.69) is 87.4 Å². The predicted molar refractivity (Wildman–Crippen MR) is 170 cm³/mol. The molecule has 2 aromatic carbocycles. The first-order chi connectivity index (χ1) is 19.3. The highest BCUT2D eigenvalue weighted by Gasteiger charge is 2.04. The van der Waals surface area contributed by atoms with Crippen molar-refractivity contribution in [2.45, 2.75) is 71.4 Å². The summed E-state index contributed by atoms with van der Waals surface area (Å²) in [5, 5.41) is 21.2. The van der Waals surface area contributed by atoms with Crippen molar-refractivity contribution in [1.82, 2.24) is 31.9 Å². The molecule has 6 N–H and O–H groups in total. The van der Waals surface area contributed by atoms with Crippen molar-refractivity contribution in [2.24, 2.45) is 0 Å². The van der Waals surface area contributed by atoms with Gasteiger partial charge in [-0.1, -0.05) is 62.6 Å². The molecule has 0 saturated heterocycles. The van der Waals surface area contributed by atoms with Crippen molar-refractivity contribution >= 4 is 0 Å². The van der Waals surface area contributed by atoms with E-state index in [1.807, 2.05) is 7.05 Å². The molecule has 0 fully saturated rings. The van der Waals surface area contributed by atoms with E-state index in [1.54, 1.807) is 0 Å². The number of unbranched alkanes of at least 4 members (excludes halogenated alkanes) is 3. The van der Waals surface area contributed by atoms with Crippen molar-refractivity contribution < 1.29 is 0 Å². The van der Waals surface area contributed by atoms with Gasteiger partial charge < -0.3 is 31.9 Å². The van der Waals surface area contributed by atoms with E-state index in [0.29, 0.717) is 0 Å². The van der Waals surface area contributed by atoms with Gasteiger partial charge in [-0.2, -0.15) is 0 Å². The van der Waals surface area contributed by atoms with Crippen LogP contribution >= 0.6 is 0 Å². The summed E-state index contributed by atoms with van der Waals surface area (Å²) in [5.41, 5.74) is 5.30. The Morgan fingerprint density at radius 1 is 0.462 bits per heavy atom. The SMILES string of the molecule is CCCCCCNCCCNCCCNCc1cc(CNCCCNCCCNC)cc(-c2ccccc2)c1. The van der Waals surface area contributed by atoms with Gasteiger partial charge in [-0.3, -0.25) is 0 Å². The lowest BCUT2D eigenvalue weighted by atomic mass is 9.99. The third-order valence-electron chi connectivity index (χ3n) is 6.93. The molecule has 2 rings (SSSR count). The van der Waals surface area contributed by atoms with Gasteiger partial charge in [0.2, 0.25) is 0 Å². The van der Waals surface area contributed by atoms with Crippen LogP contribution in [0.3, 0.4) is 0 Å². The summed E-state index contributed by atoms with van der Waals surface area (Å²) < 4.78 is 0. The molecule has 0 aliphatic rings. The van der Waals surface area contributed by atoms with Gasteiger partial charge in [0.1, 0.15) is 0 Å². The van der Waals surface area contributed by atoms with Gasteiger partial charge in [0.15, 0.2) is 0 Å². The van der Waals surface area contributed by atoms with Crippen LogP contribution in [0.2, 0.25) is 0 Å².